The van der Waals surface area contributed by atoms with E-state index in [1.54, 1.807) is 0 Å². The van der Waals surface area contributed by atoms with Gasteiger partial charge in [-0.1, -0.05) is 34.6 Å². The molecular weight excluding hydrogens is 440 g/mol. The van der Waals surface area contributed by atoms with Crippen molar-refractivity contribution < 1.29 is 24.1 Å². The van der Waals surface area contributed by atoms with Crippen LogP contribution in [0.25, 0.3) is 0 Å². The first-order chi connectivity index (χ1) is 16.2. The molecule has 12 atom stereocenters. The molecule has 12 unspecified atom stereocenters. The summed E-state index contributed by atoms with van der Waals surface area (Å²) < 4.78 is 19.0. The van der Waals surface area contributed by atoms with E-state index in [4.69, 9.17) is 14.2 Å². The van der Waals surface area contributed by atoms with Crippen LogP contribution in [0.2, 0.25) is 0 Å². The number of rotatable bonds is 2. The van der Waals surface area contributed by atoms with E-state index in [-0.39, 0.29) is 57.1 Å². The van der Waals surface area contributed by atoms with Crippen molar-refractivity contribution in [3.05, 3.63) is 0 Å². The van der Waals surface area contributed by atoms with Gasteiger partial charge in [-0.05, 0) is 87.4 Å². The highest BCUT2D eigenvalue weighted by Crippen LogP contribution is 2.82. The van der Waals surface area contributed by atoms with Crippen molar-refractivity contribution in [3.8, 4) is 0 Å². The van der Waals surface area contributed by atoms with Crippen LogP contribution in [-0.4, -0.2) is 46.7 Å². The average Bonchev–Trinajstić information content (AvgIpc) is 3.57. The van der Waals surface area contributed by atoms with E-state index in [1.807, 2.05) is 0 Å². The molecule has 3 heterocycles. The lowest BCUT2D eigenvalue weighted by molar-refractivity contribution is -0.181. The molecule has 3 aliphatic heterocycles. The molecule has 1 N–H and O–H groups in total. The Morgan fingerprint density at radius 1 is 0.886 bits per heavy atom. The molecule has 0 aromatic carbocycles. The fourth-order valence-corrected chi connectivity index (χ4v) is 11.5. The highest BCUT2D eigenvalue weighted by molar-refractivity contribution is 5.85. The Morgan fingerprint density at radius 2 is 1.60 bits per heavy atom. The molecule has 7 rings (SSSR count). The predicted molar refractivity (Wildman–Crippen MR) is 131 cm³/mol. The second kappa shape index (κ2) is 6.55. The fourth-order valence-electron chi connectivity index (χ4n) is 11.5. The van der Waals surface area contributed by atoms with E-state index < -0.39 is 6.29 Å². The quantitative estimate of drug-likeness (QED) is 0.538. The molecule has 0 aromatic heterocycles. The molecule has 5 nitrogen and oxygen atoms in total. The fraction of sp³-hybridized carbons (Fsp3) is 0.967. The summed E-state index contributed by atoms with van der Waals surface area (Å²) >= 11 is 0. The largest absolute Gasteiger partial charge is 0.368 e. The molecule has 0 aromatic rings. The summed E-state index contributed by atoms with van der Waals surface area (Å²) in [5.74, 6) is 2.02. The van der Waals surface area contributed by atoms with Gasteiger partial charge in [-0.2, -0.15) is 0 Å². The lowest BCUT2D eigenvalue weighted by Crippen LogP contribution is -2.66. The van der Waals surface area contributed by atoms with Crippen LogP contribution in [0, 0.1) is 45.3 Å². The number of hydrogen-bond acceptors (Lipinski definition) is 5. The van der Waals surface area contributed by atoms with Crippen LogP contribution in [0.15, 0.2) is 0 Å². The van der Waals surface area contributed by atoms with Crippen molar-refractivity contribution in [2.75, 3.05) is 0 Å². The lowest BCUT2D eigenvalue weighted by Gasteiger charge is -2.65. The van der Waals surface area contributed by atoms with Gasteiger partial charge >= 0.3 is 0 Å². The number of fused-ring (bicyclic) bond motifs is 3. The number of ketones is 1. The van der Waals surface area contributed by atoms with Gasteiger partial charge in [-0.3, -0.25) is 4.79 Å². The van der Waals surface area contributed by atoms with E-state index >= 15 is 0 Å². The number of epoxide rings is 2. The number of hydrogen-bond donors (Lipinski definition) is 1. The maximum Gasteiger partial charge on any atom is 0.158 e. The second-order valence-electron chi connectivity index (χ2n) is 15.4. The second-order valence-corrected chi connectivity index (χ2v) is 15.4. The van der Waals surface area contributed by atoms with Crippen molar-refractivity contribution in [3.63, 3.8) is 0 Å². The summed E-state index contributed by atoms with van der Waals surface area (Å²) in [6.07, 6.45) is 8.10. The van der Waals surface area contributed by atoms with E-state index in [0.29, 0.717) is 23.5 Å². The SMILES string of the molecule is CC1(C)OC1C1CC(C2CCC3(C)C2(C)CCC2C4(C)CCC(=O)C(C)(C)C4CC4OC423)C(O)O1. The first-order valence-corrected chi connectivity index (χ1v) is 14.4. The lowest BCUT2D eigenvalue weighted by atomic mass is 9.38. The van der Waals surface area contributed by atoms with Gasteiger partial charge in [-0.15, -0.1) is 0 Å². The third-order valence-electron chi connectivity index (χ3n) is 13.7. The van der Waals surface area contributed by atoms with Crippen LogP contribution in [0.4, 0.5) is 0 Å². The van der Waals surface area contributed by atoms with Crippen molar-refractivity contribution >= 4 is 5.78 Å². The monoisotopic (exact) mass is 486 g/mol. The van der Waals surface area contributed by atoms with Gasteiger partial charge in [0, 0.05) is 23.2 Å². The highest BCUT2D eigenvalue weighted by Gasteiger charge is 2.84. The minimum absolute atomic E-state index is 0.0104. The van der Waals surface area contributed by atoms with Gasteiger partial charge in [0.15, 0.2) is 6.29 Å². The van der Waals surface area contributed by atoms with Gasteiger partial charge in [0.1, 0.15) is 17.5 Å². The van der Waals surface area contributed by atoms with Crippen LogP contribution < -0.4 is 0 Å². The Hall–Kier alpha value is -0.490. The molecule has 196 valence electrons. The van der Waals surface area contributed by atoms with Crippen molar-refractivity contribution in [2.45, 2.75) is 136 Å². The molecule has 4 saturated carbocycles. The van der Waals surface area contributed by atoms with E-state index in [2.05, 4.69) is 48.5 Å². The molecule has 7 fully saturated rings. The van der Waals surface area contributed by atoms with Crippen LogP contribution >= 0.6 is 0 Å². The Bertz CT molecular complexity index is 974. The Morgan fingerprint density at radius 3 is 2.29 bits per heavy atom. The number of Topliss-reactive ketones (excluding diaryl/α,β-unsaturated/α-hetero) is 1. The molecule has 0 amide bonds. The van der Waals surface area contributed by atoms with Crippen molar-refractivity contribution in [1.82, 2.24) is 0 Å². The normalized spacial score (nSPS) is 61.4. The number of aliphatic hydroxyl groups is 1. The molecule has 4 aliphatic carbocycles. The van der Waals surface area contributed by atoms with E-state index in [9.17, 15) is 9.90 Å². The molecule has 7 aliphatic rings. The summed E-state index contributed by atoms with van der Waals surface area (Å²) in [4.78, 5) is 12.9. The molecule has 3 saturated heterocycles. The molecule has 1 spiro atoms. The summed E-state index contributed by atoms with van der Waals surface area (Å²) in [5, 5.41) is 11.1. The van der Waals surface area contributed by atoms with Crippen molar-refractivity contribution in [2.24, 2.45) is 45.3 Å². The van der Waals surface area contributed by atoms with Crippen molar-refractivity contribution in [1.29, 1.82) is 0 Å². The van der Waals surface area contributed by atoms with Crippen LogP contribution in [0.5, 0.6) is 0 Å². The maximum absolute atomic E-state index is 12.9. The van der Waals surface area contributed by atoms with E-state index in [1.165, 1.54) is 19.3 Å². The van der Waals surface area contributed by atoms with Gasteiger partial charge in [0.25, 0.3) is 0 Å². The first kappa shape index (κ1) is 23.6. The number of ether oxygens (including phenoxy) is 3. The minimum Gasteiger partial charge on any atom is -0.368 e. The molecule has 35 heavy (non-hydrogen) atoms. The zero-order valence-corrected chi connectivity index (χ0v) is 22.9. The van der Waals surface area contributed by atoms with E-state index in [0.717, 1.165) is 32.1 Å². The zero-order valence-electron chi connectivity index (χ0n) is 22.9. The molecule has 0 bridgehead atoms. The Balaban J connectivity index is 1.20. The summed E-state index contributed by atoms with van der Waals surface area (Å²) in [6.45, 7) is 16.2. The summed E-state index contributed by atoms with van der Waals surface area (Å²) in [5.41, 5.74) is -0.0202. The average molecular weight is 487 g/mol. The predicted octanol–water partition coefficient (Wildman–Crippen LogP) is 5.27. The van der Waals surface area contributed by atoms with Gasteiger partial charge in [0.05, 0.1) is 17.8 Å². The van der Waals surface area contributed by atoms with Gasteiger partial charge < -0.3 is 19.3 Å². The highest BCUT2D eigenvalue weighted by atomic mass is 16.7. The number of carbonyl (C=O) groups is 1. The molecule has 5 heteroatoms. The standard InChI is InChI=1S/C30H46O5/c1-25(2)20-15-22-30(34-22)19(27(20,5)11-10-21(25)31)9-12-28(6)17(8-13-29(28,30)7)16-14-18(33-24(16)32)23-26(3,4)35-23/h16-20,22-24,32H,8-15H2,1-7H3. The topological polar surface area (TPSA) is 71.6 Å². The number of aliphatic hydroxyl groups excluding tert-OH is 1. The first-order valence-electron chi connectivity index (χ1n) is 14.4. The van der Waals surface area contributed by atoms with Gasteiger partial charge in [0.2, 0.25) is 0 Å². The smallest absolute Gasteiger partial charge is 0.158 e. The van der Waals surface area contributed by atoms with Crippen LogP contribution in [-0.2, 0) is 19.0 Å². The zero-order chi connectivity index (χ0) is 25.0. The van der Waals surface area contributed by atoms with Crippen LogP contribution in [0.1, 0.15) is 99.8 Å². The third kappa shape index (κ3) is 2.58. The molecular formula is C30H46O5. The van der Waals surface area contributed by atoms with Gasteiger partial charge in [-0.25, -0.2) is 0 Å². The maximum atomic E-state index is 12.9. The summed E-state index contributed by atoms with van der Waals surface area (Å²) in [7, 11) is 0. The Labute approximate surface area is 211 Å². The summed E-state index contributed by atoms with van der Waals surface area (Å²) in [6, 6.07) is 0. The Kier molecular flexibility index (Phi) is 4.42. The minimum atomic E-state index is -0.686. The third-order valence-corrected chi connectivity index (χ3v) is 13.7. The van der Waals surface area contributed by atoms with Crippen LogP contribution in [0.3, 0.4) is 0 Å². The number of carbonyl (C=O) groups excluding carboxylic acids is 1. The molecule has 0 radical (unpaired) electrons.